The van der Waals surface area contributed by atoms with Crippen LogP contribution in [-0.4, -0.2) is 21.1 Å². The van der Waals surface area contributed by atoms with Crippen molar-refractivity contribution in [2.24, 2.45) is 7.05 Å². The minimum Gasteiger partial charge on any atom is -0.378 e. The van der Waals surface area contributed by atoms with E-state index in [9.17, 15) is 4.79 Å². The van der Waals surface area contributed by atoms with Crippen LogP contribution < -0.4 is 5.56 Å². The molecule has 0 aliphatic rings. The Morgan fingerprint density at radius 1 is 1.56 bits per heavy atom. The lowest BCUT2D eigenvalue weighted by atomic mass is 10.4. The van der Waals surface area contributed by atoms with E-state index in [4.69, 9.17) is 4.74 Å². The summed E-state index contributed by atoms with van der Waals surface area (Å²) in [5.74, 6) is 0.623. The maximum absolute atomic E-state index is 11.9. The van der Waals surface area contributed by atoms with E-state index in [1.54, 1.807) is 20.2 Å². The third-order valence-electron chi connectivity index (χ3n) is 2.51. The number of aromatic nitrogens is 3. The second-order valence-corrected chi connectivity index (χ2v) is 4.39. The van der Waals surface area contributed by atoms with Crippen LogP contribution in [0.4, 0.5) is 0 Å². The Hall–Kier alpha value is -1.14. The van der Waals surface area contributed by atoms with Gasteiger partial charge in [0.1, 0.15) is 4.47 Å². The van der Waals surface area contributed by atoms with Gasteiger partial charge >= 0.3 is 0 Å². The minimum atomic E-state index is -0.0968. The molecule has 16 heavy (non-hydrogen) atoms. The van der Waals surface area contributed by atoms with E-state index >= 15 is 0 Å². The first-order valence-electron chi connectivity index (χ1n) is 4.78. The predicted octanol–water partition coefficient (Wildman–Crippen LogP) is 1.25. The number of hydrogen-bond donors (Lipinski definition) is 0. The molecule has 0 saturated heterocycles. The molecule has 0 N–H and O–H groups in total. The summed E-state index contributed by atoms with van der Waals surface area (Å²) in [4.78, 5) is 16.3. The fourth-order valence-electron chi connectivity index (χ4n) is 1.60. The summed E-state index contributed by atoms with van der Waals surface area (Å²) in [5.41, 5.74) is 1.50. The largest absolute Gasteiger partial charge is 0.378 e. The Kier molecular flexibility index (Phi) is 2.86. The molecule has 0 fully saturated rings. The van der Waals surface area contributed by atoms with Crippen molar-refractivity contribution >= 4 is 21.7 Å². The van der Waals surface area contributed by atoms with Crippen LogP contribution in [0.5, 0.6) is 0 Å². The van der Waals surface area contributed by atoms with Crippen molar-refractivity contribution in [3.05, 3.63) is 32.4 Å². The lowest BCUT2D eigenvalue weighted by Crippen LogP contribution is -2.16. The smallest absolute Gasteiger partial charge is 0.273 e. The molecule has 2 aromatic rings. The van der Waals surface area contributed by atoms with Gasteiger partial charge in [0.25, 0.3) is 5.56 Å². The zero-order valence-electron chi connectivity index (χ0n) is 9.32. The summed E-state index contributed by atoms with van der Waals surface area (Å²) in [5, 5.41) is 0. The lowest BCUT2D eigenvalue weighted by Gasteiger charge is -2.01. The first-order valence-corrected chi connectivity index (χ1v) is 5.57. The average molecular weight is 286 g/mol. The lowest BCUT2D eigenvalue weighted by molar-refractivity contribution is 0.179. The number of halogens is 1. The van der Waals surface area contributed by atoms with E-state index in [1.165, 1.54) is 4.40 Å². The molecule has 0 spiro atoms. The third kappa shape index (κ3) is 1.58. The summed E-state index contributed by atoms with van der Waals surface area (Å²) < 4.78 is 8.93. The van der Waals surface area contributed by atoms with Crippen LogP contribution >= 0.6 is 15.9 Å². The van der Waals surface area contributed by atoms with E-state index in [0.717, 1.165) is 5.69 Å². The molecule has 2 rings (SSSR count). The monoisotopic (exact) mass is 285 g/mol. The van der Waals surface area contributed by atoms with Gasteiger partial charge in [-0.1, -0.05) is 0 Å². The topological polar surface area (TPSA) is 48.5 Å². The molecule has 0 atom stereocenters. The van der Waals surface area contributed by atoms with E-state index in [2.05, 4.69) is 20.9 Å². The summed E-state index contributed by atoms with van der Waals surface area (Å²) >= 11 is 3.24. The highest BCUT2D eigenvalue weighted by atomic mass is 79.9. The second-order valence-electron chi connectivity index (χ2n) is 3.60. The van der Waals surface area contributed by atoms with Gasteiger partial charge in [-0.05, 0) is 22.9 Å². The Morgan fingerprint density at radius 3 is 2.88 bits per heavy atom. The van der Waals surface area contributed by atoms with E-state index < -0.39 is 0 Å². The average Bonchev–Trinajstić information content (AvgIpc) is 2.55. The Morgan fingerprint density at radius 2 is 2.25 bits per heavy atom. The third-order valence-corrected chi connectivity index (χ3v) is 3.42. The van der Waals surface area contributed by atoms with Crippen LogP contribution in [0.25, 0.3) is 5.78 Å². The number of fused-ring (bicyclic) bond motifs is 1. The van der Waals surface area contributed by atoms with Crippen molar-refractivity contribution < 1.29 is 4.74 Å². The van der Waals surface area contributed by atoms with Crippen molar-refractivity contribution in [3.63, 3.8) is 0 Å². The number of imidazole rings is 1. The van der Waals surface area contributed by atoms with Crippen LogP contribution in [0, 0.1) is 6.92 Å². The number of ether oxygens (including phenoxy) is 1. The summed E-state index contributed by atoms with van der Waals surface area (Å²) in [6.07, 6.45) is 1.75. The molecule has 86 valence electrons. The van der Waals surface area contributed by atoms with E-state index in [-0.39, 0.29) is 5.56 Å². The van der Waals surface area contributed by atoms with Gasteiger partial charge in [0.05, 0.1) is 18.0 Å². The van der Waals surface area contributed by atoms with Gasteiger partial charge in [-0.3, -0.25) is 9.20 Å². The second kappa shape index (κ2) is 4.03. The molecule has 2 aromatic heterocycles. The fourth-order valence-corrected chi connectivity index (χ4v) is 1.88. The van der Waals surface area contributed by atoms with Crippen molar-refractivity contribution in [2.45, 2.75) is 13.5 Å². The van der Waals surface area contributed by atoms with E-state index in [0.29, 0.717) is 22.6 Å². The molecule has 0 aromatic carbocycles. The zero-order chi connectivity index (χ0) is 11.9. The summed E-state index contributed by atoms with van der Waals surface area (Å²) in [7, 11) is 3.48. The number of methoxy groups -OCH3 is 1. The Balaban J connectivity index is 2.82. The number of aryl methyl sites for hydroxylation is 2. The van der Waals surface area contributed by atoms with Gasteiger partial charge in [-0.2, -0.15) is 0 Å². The van der Waals surface area contributed by atoms with Gasteiger partial charge in [-0.15, -0.1) is 0 Å². The number of hydrogen-bond acceptors (Lipinski definition) is 3. The van der Waals surface area contributed by atoms with Crippen LogP contribution in [0.15, 0.2) is 15.5 Å². The maximum Gasteiger partial charge on any atom is 0.273 e. The summed E-state index contributed by atoms with van der Waals surface area (Å²) in [6.45, 7) is 2.25. The van der Waals surface area contributed by atoms with Gasteiger partial charge in [0, 0.05) is 20.4 Å². The van der Waals surface area contributed by atoms with Crippen LogP contribution in [0.2, 0.25) is 0 Å². The normalized spacial score (nSPS) is 11.2. The molecule has 0 bridgehead atoms. The summed E-state index contributed by atoms with van der Waals surface area (Å²) in [6, 6.07) is 0. The standard InChI is InChI=1S/C10H12BrN3O2/c1-6-8(11)9(15)14-4-7(5-16-3)13(2)10(14)12-6/h4H,5H2,1-3H3. The molecule has 0 amide bonds. The first-order chi connectivity index (χ1) is 7.56. The Bertz CT molecular complexity index is 600. The number of rotatable bonds is 2. The van der Waals surface area contributed by atoms with Crippen LogP contribution in [0.1, 0.15) is 11.4 Å². The highest BCUT2D eigenvalue weighted by molar-refractivity contribution is 9.10. The molecule has 0 unspecified atom stereocenters. The Labute approximate surface area is 101 Å². The van der Waals surface area contributed by atoms with Crippen molar-refractivity contribution in [1.82, 2.24) is 14.0 Å². The number of nitrogens with zero attached hydrogens (tertiary/aromatic N) is 3. The molecule has 0 radical (unpaired) electrons. The molecule has 0 aliphatic carbocycles. The van der Waals surface area contributed by atoms with Gasteiger partial charge < -0.3 is 9.30 Å². The SMILES string of the molecule is COCc1cn2c(=O)c(Br)c(C)nc2n1C. The minimum absolute atomic E-state index is 0.0968. The van der Waals surface area contributed by atoms with Gasteiger partial charge in [0.2, 0.25) is 5.78 Å². The van der Waals surface area contributed by atoms with Crippen molar-refractivity contribution in [1.29, 1.82) is 0 Å². The fraction of sp³-hybridized carbons (Fsp3) is 0.400. The predicted molar refractivity (Wildman–Crippen MR) is 63.6 cm³/mol. The van der Waals surface area contributed by atoms with Crippen molar-refractivity contribution in [2.75, 3.05) is 7.11 Å². The highest BCUT2D eigenvalue weighted by Crippen LogP contribution is 2.12. The molecule has 0 saturated carbocycles. The molecule has 5 nitrogen and oxygen atoms in total. The molecular formula is C10H12BrN3O2. The van der Waals surface area contributed by atoms with Gasteiger partial charge in [-0.25, -0.2) is 4.98 Å². The zero-order valence-corrected chi connectivity index (χ0v) is 10.9. The van der Waals surface area contributed by atoms with Crippen molar-refractivity contribution in [3.8, 4) is 0 Å². The maximum atomic E-state index is 11.9. The van der Waals surface area contributed by atoms with Crippen LogP contribution in [-0.2, 0) is 18.4 Å². The molecule has 2 heterocycles. The van der Waals surface area contributed by atoms with Gasteiger partial charge in [0.15, 0.2) is 0 Å². The molecule has 0 aliphatic heterocycles. The first kappa shape index (κ1) is 11.3. The molecule has 6 heteroatoms. The highest BCUT2D eigenvalue weighted by Gasteiger charge is 2.12. The quantitative estimate of drug-likeness (QED) is 0.835. The van der Waals surface area contributed by atoms with E-state index in [1.807, 2.05) is 11.6 Å². The molecular weight excluding hydrogens is 274 g/mol. The van der Waals surface area contributed by atoms with Crippen LogP contribution in [0.3, 0.4) is 0 Å².